The number of rotatable bonds is 6. The van der Waals surface area contributed by atoms with Crippen LogP contribution in [0.4, 0.5) is 4.79 Å². The molecule has 0 saturated heterocycles. The molecule has 19 heavy (non-hydrogen) atoms. The van der Waals surface area contributed by atoms with Gasteiger partial charge in [-0.25, -0.2) is 4.79 Å². The Hall–Kier alpha value is -1.30. The molecule has 0 bridgehead atoms. The normalized spacial score (nSPS) is 22.6. The Bertz CT molecular complexity index is 296. The standard InChI is InChI=1S/C13H24N2O4/c1-19-12(17)8-4-5-9-14-13(18)15-10-6-2-3-7-11(10)16/h10-11,16H,2-9H2,1H3,(H2,14,15,18). The molecule has 0 radical (unpaired) electrons. The largest absolute Gasteiger partial charge is 0.469 e. The summed E-state index contributed by atoms with van der Waals surface area (Å²) in [6.07, 6.45) is 5.02. The lowest BCUT2D eigenvalue weighted by molar-refractivity contribution is -0.140. The van der Waals surface area contributed by atoms with E-state index in [1.54, 1.807) is 0 Å². The molecule has 2 amide bonds. The molecule has 0 aliphatic heterocycles. The van der Waals surface area contributed by atoms with Gasteiger partial charge in [0.25, 0.3) is 0 Å². The molecule has 6 heteroatoms. The van der Waals surface area contributed by atoms with Crippen LogP contribution in [0.5, 0.6) is 0 Å². The predicted octanol–water partition coefficient (Wildman–Crippen LogP) is 0.932. The van der Waals surface area contributed by atoms with Crippen molar-refractivity contribution < 1.29 is 19.4 Å². The topological polar surface area (TPSA) is 87.7 Å². The van der Waals surface area contributed by atoms with Crippen molar-refractivity contribution in [2.24, 2.45) is 0 Å². The maximum atomic E-state index is 11.6. The minimum Gasteiger partial charge on any atom is -0.469 e. The number of esters is 1. The van der Waals surface area contributed by atoms with E-state index in [4.69, 9.17) is 0 Å². The zero-order valence-corrected chi connectivity index (χ0v) is 11.5. The second-order valence-corrected chi connectivity index (χ2v) is 4.89. The van der Waals surface area contributed by atoms with Gasteiger partial charge in [0.05, 0.1) is 19.3 Å². The van der Waals surface area contributed by atoms with E-state index in [0.717, 1.165) is 32.1 Å². The number of hydrogen-bond acceptors (Lipinski definition) is 4. The summed E-state index contributed by atoms with van der Waals surface area (Å²) in [5.74, 6) is -0.227. The van der Waals surface area contributed by atoms with Crippen molar-refractivity contribution in [1.82, 2.24) is 10.6 Å². The molecule has 1 fully saturated rings. The average molecular weight is 272 g/mol. The van der Waals surface area contributed by atoms with E-state index in [-0.39, 0.29) is 18.0 Å². The molecule has 6 nitrogen and oxygen atoms in total. The quantitative estimate of drug-likeness (QED) is 0.496. The van der Waals surface area contributed by atoms with Gasteiger partial charge in [0.15, 0.2) is 0 Å². The summed E-state index contributed by atoms with van der Waals surface area (Å²) in [6.45, 7) is 0.519. The molecule has 1 rings (SSSR count). The predicted molar refractivity (Wildman–Crippen MR) is 70.7 cm³/mol. The lowest BCUT2D eigenvalue weighted by Crippen LogP contribution is -2.49. The van der Waals surface area contributed by atoms with E-state index in [0.29, 0.717) is 19.4 Å². The van der Waals surface area contributed by atoms with Gasteiger partial charge in [0, 0.05) is 13.0 Å². The molecule has 0 aromatic heterocycles. The Morgan fingerprint density at radius 3 is 2.68 bits per heavy atom. The minimum absolute atomic E-state index is 0.135. The highest BCUT2D eigenvalue weighted by atomic mass is 16.5. The fourth-order valence-corrected chi connectivity index (χ4v) is 2.20. The third-order valence-electron chi connectivity index (χ3n) is 3.37. The number of carbonyl (C=O) groups is 2. The number of methoxy groups -OCH3 is 1. The van der Waals surface area contributed by atoms with E-state index >= 15 is 0 Å². The third kappa shape index (κ3) is 6.42. The molecular weight excluding hydrogens is 248 g/mol. The van der Waals surface area contributed by atoms with Gasteiger partial charge in [-0.2, -0.15) is 0 Å². The molecule has 0 aromatic rings. The Labute approximate surface area is 113 Å². The number of hydrogen-bond donors (Lipinski definition) is 3. The fraction of sp³-hybridized carbons (Fsp3) is 0.846. The summed E-state index contributed by atoms with van der Waals surface area (Å²) >= 11 is 0. The number of amides is 2. The number of aliphatic hydroxyl groups excluding tert-OH is 1. The molecule has 0 aromatic carbocycles. The first-order valence-corrected chi connectivity index (χ1v) is 6.92. The van der Waals surface area contributed by atoms with Crippen molar-refractivity contribution in [3.8, 4) is 0 Å². The zero-order chi connectivity index (χ0) is 14.1. The Kier molecular flexibility index (Phi) is 7.25. The van der Waals surface area contributed by atoms with Crippen LogP contribution in [0.2, 0.25) is 0 Å². The highest BCUT2D eigenvalue weighted by Crippen LogP contribution is 2.18. The van der Waals surface area contributed by atoms with Gasteiger partial charge < -0.3 is 20.5 Å². The van der Waals surface area contributed by atoms with Crippen molar-refractivity contribution >= 4 is 12.0 Å². The van der Waals surface area contributed by atoms with Crippen LogP contribution in [0.15, 0.2) is 0 Å². The van der Waals surface area contributed by atoms with Crippen molar-refractivity contribution in [1.29, 1.82) is 0 Å². The molecule has 110 valence electrons. The fourth-order valence-electron chi connectivity index (χ4n) is 2.20. The van der Waals surface area contributed by atoms with E-state index in [2.05, 4.69) is 15.4 Å². The van der Waals surface area contributed by atoms with Gasteiger partial charge in [-0.1, -0.05) is 12.8 Å². The van der Waals surface area contributed by atoms with Crippen LogP contribution >= 0.6 is 0 Å². The van der Waals surface area contributed by atoms with Gasteiger partial charge in [-0.15, -0.1) is 0 Å². The van der Waals surface area contributed by atoms with Crippen LogP contribution in [0.1, 0.15) is 44.9 Å². The van der Waals surface area contributed by atoms with Crippen molar-refractivity contribution in [3.05, 3.63) is 0 Å². The Morgan fingerprint density at radius 1 is 1.26 bits per heavy atom. The molecule has 3 N–H and O–H groups in total. The highest BCUT2D eigenvalue weighted by molar-refractivity contribution is 5.74. The van der Waals surface area contributed by atoms with Crippen molar-refractivity contribution in [2.45, 2.75) is 57.1 Å². The summed E-state index contributed by atoms with van der Waals surface area (Å²) in [4.78, 5) is 22.4. The van der Waals surface area contributed by atoms with Crippen LogP contribution in [-0.2, 0) is 9.53 Å². The molecule has 1 aliphatic carbocycles. The molecule has 2 atom stereocenters. The monoisotopic (exact) mass is 272 g/mol. The average Bonchev–Trinajstić information content (AvgIpc) is 2.40. The molecule has 0 heterocycles. The summed E-state index contributed by atoms with van der Waals surface area (Å²) in [5.41, 5.74) is 0. The first-order chi connectivity index (χ1) is 9.13. The summed E-state index contributed by atoms with van der Waals surface area (Å²) < 4.78 is 4.52. The van der Waals surface area contributed by atoms with Gasteiger partial charge >= 0.3 is 12.0 Å². The minimum atomic E-state index is -0.432. The van der Waals surface area contributed by atoms with Crippen LogP contribution in [-0.4, -0.2) is 42.9 Å². The van der Waals surface area contributed by atoms with Gasteiger partial charge in [-0.05, 0) is 25.7 Å². The lowest BCUT2D eigenvalue weighted by Gasteiger charge is -2.28. The van der Waals surface area contributed by atoms with E-state index in [9.17, 15) is 14.7 Å². The van der Waals surface area contributed by atoms with E-state index in [1.165, 1.54) is 7.11 Å². The van der Waals surface area contributed by atoms with Gasteiger partial charge in [-0.3, -0.25) is 4.79 Å². The Balaban J connectivity index is 2.06. The SMILES string of the molecule is COC(=O)CCCCNC(=O)NC1CCCCC1O. The first-order valence-electron chi connectivity index (χ1n) is 6.92. The summed E-state index contributed by atoms with van der Waals surface area (Å²) in [6, 6.07) is -0.382. The number of nitrogens with one attached hydrogen (secondary N) is 2. The van der Waals surface area contributed by atoms with Crippen LogP contribution < -0.4 is 10.6 Å². The number of ether oxygens (including phenoxy) is 1. The maximum absolute atomic E-state index is 11.6. The van der Waals surface area contributed by atoms with Crippen LogP contribution in [0.3, 0.4) is 0 Å². The summed E-state index contributed by atoms with van der Waals surface area (Å²) in [7, 11) is 1.36. The van der Waals surface area contributed by atoms with E-state index in [1.807, 2.05) is 0 Å². The molecular formula is C13H24N2O4. The second kappa shape index (κ2) is 8.74. The molecule has 1 aliphatic rings. The number of unbranched alkanes of at least 4 members (excludes halogenated alkanes) is 1. The smallest absolute Gasteiger partial charge is 0.315 e. The van der Waals surface area contributed by atoms with Gasteiger partial charge in [0.1, 0.15) is 0 Å². The number of aliphatic hydroxyl groups is 1. The first kappa shape index (κ1) is 15.8. The second-order valence-electron chi connectivity index (χ2n) is 4.89. The third-order valence-corrected chi connectivity index (χ3v) is 3.37. The van der Waals surface area contributed by atoms with Crippen molar-refractivity contribution in [2.75, 3.05) is 13.7 Å². The van der Waals surface area contributed by atoms with Gasteiger partial charge in [0.2, 0.25) is 0 Å². The number of urea groups is 1. The highest BCUT2D eigenvalue weighted by Gasteiger charge is 2.24. The van der Waals surface area contributed by atoms with Crippen LogP contribution in [0.25, 0.3) is 0 Å². The van der Waals surface area contributed by atoms with E-state index < -0.39 is 6.10 Å². The Morgan fingerprint density at radius 2 is 2.00 bits per heavy atom. The molecule has 2 unspecified atom stereocenters. The van der Waals surface area contributed by atoms with Crippen LogP contribution in [0, 0.1) is 0 Å². The van der Waals surface area contributed by atoms with Crippen molar-refractivity contribution in [3.63, 3.8) is 0 Å². The number of carbonyl (C=O) groups excluding carboxylic acids is 2. The maximum Gasteiger partial charge on any atom is 0.315 e. The molecule has 1 saturated carbocycles. The zero-order valence-electron chi connectivity index (χ0n) is 11.5. The molecule has 0 spiro atoms. The summed E-state index contributed by atoms with van der Waals surface area (Å²) in [5, 5.41) is 15.2. The lowest BCUT2D eigenvalue weighted by atomic mass is 9.93.